The summed E-state index contributed by atoms with van der Waals surface area (Å²) < 4.78 is 5.18. The zero-order chi connectivity index (χ0) is 14.1. The molecule has 2 aromatic heterocycles. The van der Waals surface area contributed by atoms with Crippen molar-refractivity contribution in [2.45, 2.75) is 0 Å². The van der Waals surface area contributed by atoms with E-state index in [1.807, 2.05) is 12.1 Å². The van der Waals surface area contributed by atoms with Crippen molar-refractivity contribution in [2.75, 3.05) is 12.5 Å². The van der Waals surface area contributed by atoms with Gasteiger partial charge in [-0.05, 0) is 12.1 Å². The Labute approximate surface area is 119 Å². The molecule has 0 atom stereocenters. The summed E-state index contributed by atoms with van der Waals surface area (Å²) in [6, 6.07) is 7.06. The SMILES string of the molecule is COc1ccc2nc(NN)c(-c3cc(Cl)[nH]n3)nc2c1. The van der Waals surface area contributed by atoms with E-state index in [2.05, 4.69) is 25.6 Å². The summed E-state index contributed by atoms with van der Waals surface area (Å²) in [4.78, 5) is 8.92. The molecule has 0 bridgehead atoms. The van der Waals surface area contributed by atoms with Gasteiger partial charge in [-0.3, -0.25) is 5.10 Å². The predicted molar refractivity (Wildman–Crippen MR) is 76.5 cm³/mol. The summed E-state index contributed by atoms with van der Waals surface area (Å²) in [6.07, 6.45) is 0. The van der Waals surface area contributed by atoms with Crippen LogP contribution in [0.15, 0.2) is 24.3 Å². The van der Waals surface area contributed by atoms with Crippen molar-refractivity contribution in [1.82, 2.24) is 20.2 Å². The van der Waals surface area contributed by atoms with E-state index in [1.165, 1.54) is 0 Å². The van der Waals surface area contributed by atoms with Crippen molar-refractivity contribution < 1.29 is 4.74 Å². The van der Waals surface area contributed by atoms with Crippen LogP contribution in [0.4, 0.5) is 5.82 Å². The number of H-pyrrole nitrogens is 1. The summed E-state index contributed by atoms with van der Waals surface area (Å²) in [6.45, 7) is 0. The van der Waals surface area contributed by atoms with E-state index in [4.69, 9.17) is 22.2 Å². The molecule has 3 aromatic rings. The maximum absolute atomic E-state index is 5.83. The van der Waals surface area contributed by atoms with Gasteiger partial charge in [0.1, 0.15) is 22.3 Å². The second-order valence-electron chi connectivity index (χ2n) is 4.02. The number of methoxy groups -OCH3 is 1. The van der Waals surface area contributed by atoms with Crippen LogP contribution in [0.25, 0.3) is 22.4 Å². The number of aromatic nitrogens is 4. The average Bonchev–Trinajstić information content (AvgIpc) is 2.91. The summed E-state index contributed by atoms with van der Waals surface area (Å²) in [5.74, 6) is 6.62. The van der Waals surface area contributed by atoms with E-state index in [9.17, 15) is 0 Å². The molecule has 102 valence electrons. The smallest absolute Gasteiger partial charge is 0.169 e. The van der Waals surface area contributed by atoms with E-state index in [0.29, 0.717) is 39.1 Å². The van der Waals surface area contributed by atoms with Crippen molar-refractivity contribution in [3.63, 3.8) is 0 Å². The molecule has 0 radical (unpaired) electrons. The predicted octanol–water partition coefficient (Wildman–Crippen LogP) is 1.97. The van der Waals surface area contributed by atoms with Gasteiger partial charge in [-0.2, -0.15) is 5.10 Å². The lowest BCUT2D eigenvalue weighted by atomic mass is 10.2. The van der Waals surface area contributed by atoms with Crippen LogP contribution in [0, 0.1) is 0 Å². The lowest BCUT2D eigenvalue weighted by molar-refractivity contribution is 0.415. The molecule has 0 amide bonds. The van der Waals surface area contributed by atoms with E-state index in [-0.39, 0.29) is 0 Å². The van der Waals surface area contributed by atoms with Gasteiger partial charge in [0.05, 0.1) is 18.1 Å². The van der Waals surface area contributed by atoms with Gasteiger partial charge in [0, 0.05) is 12.1 Å². The highest BCUT2D eigenvalue weighted by molar-refractivity contribution is 6.29. The topological polar surface area (TPSA) is 102 Å². The highest BCUT2D eigenvalue weighted by atomic mass is 35.5. The number of nitrogen functional groups attached to an aromatic ring is 1. The Morgan fingerprint density at radius 3 is 2.75 bits per heavy atom. The number of hydrazine groups is 1. The molecule has 8 heteroatoms. The lowest BCUT2D eigenvalue weighted by Gasteiger charge is -2.08. The molecule has 0 saturated heterocycles. The van der Waals surface area contributed by atoms with Gasteiger partial charge in [-0.1, -0.05) is 11.6 Å². The average molecular weight is 291 g/mol. The Morgan fingerprint density at radius 2 is 2.10 bits per heavy atom. The van der Waals surface area contributed by atoms with Crippen molar-refractivity contribution in [3.8, 4) is 17.1 Å². The van der Waals surface area contributed by atoms with Gasteiger partial charge in [0.25, 0.3) is 0 Å². The second kappa shape index (κ2) is 4.95. The molecular formula is C12H11ClN6O. The van der Waals surface area contributed by atoms with Gasteiger partial charge in [0.2, 0.25) is 0 Å². The molecule has 0 aliphatic carbocycles. The van der Waals surface area contributed by atoms with E-state index >= 15 is 0 Å². The van der Waals surface area contributed by atoms with Crippen molar-refractivity contribution in [1.29, 1.82) is 0 Å². The molecule has 3 rings (SSSR count). The molecule has 2 heterocycles. The van der Waals surface area contributed by atoms with Gasteiger partial charge in [-0.15, -0.1) is 0 Å². The lowest BCUT2D eigenvalue weighted by Crippen LogP contribution is -2.11. The summed E-state index contributed by atoms with van der Waals surface area (Å²) >= 11 is 5.83. The highest BCUT2D eigenvalue weighted by Gasteiger charge is 2.13. The minimum Gasteiger partial charge on any atom is -0.497 e. The molecule has 1 aromatic carbocycles. The minimum atomic E-state index is 0.413. The molecule has 0 aliphatic rings. The summed E-state index contributed by atoms with van der Waals surface area (Å²) in [5, 5.41) is 7.11. The fourth-order valence-electron chi connectivity index (χ4n) is 1.86. The number of fused-ring (bicyclic) bond motifs is 1. The van der Waals surface area contributed by atoms with Gasteiger partial charge < -0.3 is 10.2 Å². The highest BCUT2D eigenvalue weighted by Crippen LogP contribution is 2.27. The number of rotatable bonds is 3. The number of nitrogens with one attached hydrogen (secondary N) is 2. The van der Waals surface area contributed by atoms with Crippen LogP contribution in [0.3, 0.4) is 0 Å². The number of anilines is 1. The van der Waals surface area contributed by atoms with Crippen LogP contribution in [-0.4, -0.2) is 27.3 Å². The molecule has 0 unspecified atom stereocenters. The third kappa shape index (κ3) is 2.13. The van der Waals surface area contributed by atoms with Crippen molar-refractivity contribution >= 4 is 28.5 Å². The Balaban J connectivity index is 2.23. The number of benzene rings is 1. The number of ether oxygens (including phenoxy) is 1. The molecule has 0 saturated carbocycles. The third-order valence-electron chi connectivity index (χ3n) is 2.80. The molecule has 4 N–H and O–H groups in total. The number of nitrogens with two attached hydrogens (primary N) is 1. The van der Waals surface area contributed by atoms with Crippen molar-refractivity contribution in [2.24, 2.45) is 5.84 Å². The zero-order valence-corrected chi connectivity index (χ0v) is 11.3. The van der Waals surface area contributed by atoms with Crippen LogP contribution in [0.2, 0.25) is 5.15 Å². The van der Waals surface area contributed by atoms with Crippen LogP contribution in [-0.2, 0) is 0 Å². The van der Waals surface area contributed by atoms with Crippen LogP contribution in [0.1, 0.15) is 0 Å². The van der Waals surface area contributed by atoms with Crippen molar-refractivity contribution in [3.05, 3.63) is 29.4 Å². The number of halogens is 1. The molecule has 20 heavy (non-hydrogen) atoms. The number of hydrogen-bond acceptors (Lipinski definition) is 6. The standard InChI is InChI=1S/C12H11ClN6O/c1-20-6-2-3-7-8(4-6)15-11(12(16-7)17-14)9-5-10(13)19-18-9/h2-5H,14H2,1H3,(H,16,17)(H,18,19). The molecule has 0 aliphatic heterocycles. The van der Waals surface area contributed by atoms with Crippen LogP contribution >= 0.6 is 11.6 Å². The van der Waals surface area contributed by atoms with Gasteiger partial charge >= 0.3 is 0 Å². The Hall–Kier alpha value is -2.38. The molecule has 0 spiro atoms. The van der Waals surface area contributed by atoms with Crippen LogP contribution < -0.4 is 16.0 Å². The summed E-state index contributed by atoms with van der Waals surface area (Å²) in [5.41, 5.74) is 4.96. The molecule has 7 nitrogen and oxygen atoms in total. The van der Waals surface area contributed by atoms with Gasteiger partial charge in [-0.25, -0.2) is 15.8 Å². The number of aromatic amines is 1. The third-order valence-corrected chi connectivity index (χ3v) is 2.99. The quantitative estimate of drug-likeness (QED) is 0.503. The molecular weight excluding hydrogens is 280 g/mol. The first-order valence-corrected chi connectivity index (χ1v) is 6.13. The zero-order valence-electron chi connectivity index (χ0n) is 10.5. The molecule has 0 fully saturated rings. The Morgan fingerprint density at radius 1 is 1.25 bits per heavy atom. The second-order valence-corrected chi connectivity index (χ2v) is 4.43. The van der Waals surface area contributed by atoms with E-state index in [1.54, 1.807) is 19.2 Å². The van der Waals surface area contributed by atoms with Gasteiger partial charge in [0.15, 0.2) is 5.82 Å². The monoisotopic (exact) mass is 290 g/mol. The van der Waals surface area contributed by atoms with E-state index < -0.39 is 0 Å². The first-order chi connectivity index (χ1) is 9.71. The largest absolute Gasteiger partial charge is 0.497 e. The maximum atomic E-state index is 5.83. The van der Waals surface area contributed by atoms with E-state index in [0.717, 1.165) is 0 Å². The fourth-order valence-corrected chi connectivity index (χ4v) is 2.01. The Bertz CT molecular complexity index is 772. The Kier molecular flexibility index (Phi) is 3.13. The van der Waals surface area contributed by atoms with Crippen LogP contribution in [0.5, 0.6) is 5.75 Å². The summed E-state index contributed by atoms with van der Waals surface area (Å²) in [7, 11) is 1.60. The number of nitrogens with zero attached hydrogens (tertiary/aromatic N) is 3. The first kappa shape index (κ1) is 12.6. The number of hydrogen-bond donors (Lipinski definition) is 3. The first-order valence-electron chi connectivity index (χ1n) is 5.75. The minimum absolute atomic E-state index is 0.413. The maximum Gasteiger partial charge on any atom is 0.169 e. The normalized spacial score (nSPS) is 10.8. The fraction of sp³-hybridized carbons (Fsp3) is 0.0833.